The number of rotatable bonds is 0. The highest BCUT2D eigenvalue weighted by Gasteiger charge is 2.19. The van der Waals surface area contributed by atoms with Gasteiger partial charge in [-0.3, -0.25) is 0 Å². The van der Waals surface area contributed by atoms with Crippen LogP contribution in [0.5, 0.6) is 0 Å². The van der Waals surface area contributed by atoms with Crippen molar-refractivity contribution < 1.29 is 0 Å². The molecule has 0 nitrogen and oxygen atoms in total. The summed E-state index contributed by atoms with van der Waals surface area (Å²) in [5.41, 5.74) is 5.18. The monoisotopic (exact) mass is 150 g/mol. The van der Waals surface area contributed by atoms with Crippen LogP contribution in [0.4, 0.5) is 0 Å². The molecule has 0 N–H and O–H groups in total. The van der Waals surface area contributed by atoms with Crippen LogP contribution in [0.15, 0.2) is 36.4 Å². The van der Waals surface area contributed by atoms with E-state index in [-0.39, 0.29) is 0 Å². The van der Waals surface area contributed by atoms with Crippen molar-refractivity contribution in [3.63, 3.8) is 0 Å². The second-order valence-electron chi connectivity index (χ2n) is 2.93. The Hall–Kier alpha value is -1.56. The zero-order chi connectivity index (χ0) is 7.97. The fraction of sp³-hybridized carbons (Fsp3) is 0. The second kappa shape index (κ2) is 1.98. The highest BCUT2D eigenvalue weighted by molar-refractivity contribution is 6.01. The summed E-state index contributed by atoms with van der Waals surface area (Å²) in [5, 5.41) is 0. The lowest BCUT2D eigenvalue weighted by Crippen LogP contribution is -1.96. The Kier molecular flexibility index (Phi) is 0.991. The minimum Gasteiger partial charge on any atom is -0.0616 e. The van der Waals surface area contributed by atoms with Crippen LogP contribution in [-0.2, 0) is 0 Å². The van der Waals surface area contributed by atoms with Gasteiger partial charge in [0.1, 0.15) is 0 Å². The van der Waals surface area contributed by atoms with Crippen molar-refractivity contribution in [2.24, 2.45) is 0 Å². The largest absolute Gasteiger partial charge is 0.0616 e. The summed E-state index contributed by atoms with van der Waals surface area (Å²) in [6.45, 7) is 0. The molecule has 3 rings (SSSR count). The maximum atomic E-state index is 3.19. The molecule has 0 bridgehead atoms. The summed E-state index contributed by atoms with van der Waals surface area (Å²) in [6, 6.07) is 18.5. The molecule has 0 amide bonds. The van der Waals surface area contributed by atoms with Gasteiger partial charge in [0.25, 0.3) is 0 Å². The predicted molar refractivity (Wildman–Crippen MR) is 48.5 cm³/mol. The first kappa shape index (κ1) is 6.01. The van der Waals surface area contributed by atoms with Crippen molar-refractivity contribution in [3.05, 3.63) is 48.5 Å². The van der Waals surface area contributed by atoms with Crippen molar-refractivity contribution >= 4 is 0 Å². The minimum absolute atomic E-state index is 1.24. The van der Waals surface area contributed by atoms with Gasteiger partial charge in [0.2, 0.25) is 0 Å². The molecule has 0 saturated heterocycles. The minimum atomic E-state index is 1.24. The van der Waals surface area contributed by atoms with Gasteiger partial charge < -0.3 is 0 Å². The molecule has 0 saturated carbocycles. The third kappa shape index (κ3) is 0.578. The molecule has 1 aliphatic rings. The SMILES string of the molecule is [c]1c[c]c2c(c1)-c1ccccc1-2. The van der Waals surface area contributed by atoms with Gasteiger partial charge in [0.15, 0.2) is 0 Å². The molecule has 0 heteroatoms. The molecule has 12 heavy (non-hydrogen) atoms. The van der Waals surface area contributed by atoms with E-state index in [2.05, 4.69) is 36.4 Å². The quantitative estimate of drug-likeness (QED) is 0.462. The maximum Gasteiger partial charge on any atom is -0.00197 e. The number of hydrogen-bond acceptors (Lipinski definition) is 0. The zero-order valence-electron chi connectivity index (χ0n) is 6.46. The Morgan fingerprint density at radius 2 is 1.75 bits per heavy atom. The van der Waals surface area contributed by atoms with Crippen molar-refractivity contribution in [2.45, 2.75) is 0 Å². The van der Waals surface area contributed by atoms with E-state index in [0.29, 0.717) is 0 Å². The Balaban J connectivity index is 2.34. The van der Waals surface area contributed by atoms with Gasteiger partial charge >= 0.3 is 0 Å². The molecule has 0 spiro atoms. The van der Waals surface area contributed by atoms with Crippen molar-refractivity contribution in [3.8, 4) is 22.3 Å². The van der Waals surface area contributed by atoms with Gasteiger partial charge in [0.05, 0.1) is 0 Å². The predicted octanol–water partition coefficient (Wildman–Crippen LogP) is 2.93. The van der Waals surface area contributed by atoms with Gasteiger partial charge in [-0.05, 0) is 46.5 Å². The summed E-state index contributed by atoms with van der Waals surface area (Å²) in [4.78, 5) is 0. The van der Waals surface area contributed by atoms with Crippen LogP contribution in [0.1, 0.15) is 0 Å². The van der Waals surface area contributed by atoms with Gasteiger partial charge in [-0.15, -0.1) is 0 Å². The Bertz CT molecular complexity index is 341. The van der Waals surface area contributed by atoms with E-state index in [4.69, 9.17) is 0 Å². The molecular formula is C12H6. The van der Waals surface area contributed by atoms with E-state index in [0.717, 1.165) is 0 Å². The number of benzene rings is 2. The highest BCUT2D eigenvalue weighted by atomic mass is 14.2. The van der Waals surface area contributed by atoms with Crippen LogP contribution in [0.25, 0.3) is 22.3 Å². The lowest BCUT2D eigenvalue weighted by atomic mass is 9.81. The van der Waals surface area contributed by atoms with Crippen LogP contribution in [0.3, 0.4) is 0 Å². The molecule has 2 aromatic carbocycles. The summed E-state index contributed by atoms with van der Waals surface area (Å²) in [7, 11) is 0. The smallest absolute Gasteiger partial charge is 0.00197 e. The molecule has 0 fully saturated rings. The van der Waals surface area contributed by atoms with E-state index in [1.807, 2.05) is 12.1 Å². The molecule has 0 unspecified atom stereocenters. The Labute approximate surface area is 71.5 Å². The van der Waals surface area contributed by atoms with Crippen LogP contribution in [0.2, 0.25) is 0 Å². The molecule has 0 aromatic heterocycles. The topological polar surface area (TPSA) is 0 Å². The van der Waals surface area contributed by atoms with Crippen LogP contribution in [0, 0.1) is 12.1 Å². The first-order valence-corrected chi connectivity index (χ1v) is 3.98. The zero-order valence-corrected chi connectivity index (χ0v) is 6.46. The van der Waals surface area contributed by atoms with Crippen molar-refractivity contribution in [2.75, 3.05) is 0 Å². The van der Waals surface area contributed by atoms with Gasteiger partial charge in [-0.1, -0.05) is 24.3 Å². The summed E-state index contributed by atoms with van der Waals surface area (Å²) >= 11 is 0. The molecule has 2 radical (unpaired) electrons. The molecule has 0 atom stereocenters. The standard InChI is InChI=1S/C12H6/c1-2-6-10-9(5-1)11-7-3-4-8-12(10)11/h1-3,5-6,8H. The normalized spacial score (nSPS) is 11.3. The van der Waals surface area contributed by atoms with E-state index >= 15 is 0 Å². The Morgan fingerprint density at radius 1 is 0.917 bits per heavy atom. The van der Waals surface area contributed by atoms with Crippen molar-refractivity contribution in [1.82, 2.24) is 0 Å². The summed E-state index contributed by atoms with van der Waals surface area (Å²) < 4.78 is 0. The van der Waals surface area contributed by atoms with Crippen LogP contribution in [-0.4, -0.2) is 0 Å². The van der Waals surface area contributed by atoms with Gasteiger partial charge in [-0.2, -0.15) is 0 Å². The summed E-state index contributed by atoms with van der Waals surface area (Å²) in [5.74, 6) is 0. The fourth-order valence-electron chi connectivity index (χ4n) is 1.70. The molecule has 1 aliphatic carbocycles. The highest BCUT2D eigenvalue weighted by Crippen LogP contribution is 2.45. The average Bonchev–Trinajstić information content (AvgIpc) is 2.14. The third-order valence-corrected chi connectivity index (χ3v) is 2.28. The summed E-state index contributed by atoms with van der Waals surface area (Å²) in [6.07, 6.45) is 0. The fourth-order valence-corrected chi connectivity index (χ4v) is 1.70. The van der Waals surface area contributed by atoms with E-state index < -0.39 is 0 Å². The molecule has 0 heterocycles. The van der Waals surface area contributed by atoms with E-state index in [1.165, 1.54) is 22.3 Å². The van der Waals surface area contributed by atoms with Gasteiger partial charge in [-0.25, -0.2) is 0 Å². The third-order valence-electron chi connectivity index (χ3n) is 2.28. The average molecular weight is 150 g/mol. The van der Waals surface area contributed by atoms with E-state index in [1.54, 1.807) is 0 Å². The lowest BCUT2D eigenvalue weighted by Gasteiger charge is -2.22. The maximum absolute atomic E-state index is 3.19. The van der Waals surface area contributed by atoms with Gasteiger partial charge in [0, 0.05) is 0 Å². The second-order valence-corrected chi connectivity index (χ2v) is 2.93. The van der Waals surface area contributed by atoms with E-state index in [9.17, 15) is 0 Å². The molecular weight excluding hydrogens is 144 g/mol. The number of fused-ring (bicyclic) bond motifs is 4. The number of hydrogen-bond donors (Lipinski definition) is 0. The lowest BCUT2D eigenvalue weighted by molar-refractivity contribution is 1.51. The Morgan fingerprint density at radius 3 is 2.67 bits per heavy atom. The van der Waals surface area contributed by atoms with Crippen LogP contribution >= 0.6 is 0 Å². The van der Waals surface area contributed by atoms with Crippen molar-refractivity contribution in [1.29, 1.82) is 0 Å². The molecule has 0 aliphatic heterocycles. The van der Waals surface area contributed by atoms with Crippen LogP contribution < -0.4 is 0 Å². The first-order valence-electron chi connectivity index (χ1n) is 3.98. The molecule has 54 valence electrons. The first-order chi connectivity index (χ1) is 5.97. The molecule has 2 aromatic rings.